The molecule has 3 heterocycles. The minimum atomic E-state index is -0.579. The number of fused-ring (bicyclic) bond motifs is 5. The van der Waals surface area contributed by atoms with Gasteiger partial charge < -0.3 is 14.2 Å². The molecular formula is C15H23NO5. The van der Waals surface area contributed by atoms with Gasteiger partial charge in [-0.25, -0.2) is 9.59 Å². The van der Waals surface area contributed by atoms with E-state index >= 15 is 0 Å². The van der Waals surface area contributed by atoms with Crippen LogP contribution >= 0.6 is 0 Å². The summed E-state index contributed by atoms with van der Waals surface area (Å²) in [4.78, 5) is 26.1. The molecule has 21 heavy (non-hydrogen) atoms. The third-order valence-corrected chi connectivity index (χ3v) is 4.67. The first-order valence-electron chi connectivity index (χ1n) is 7.55. The number of amides is 1. The van der Waals surface area contributed by atoms with Crippen LogP contribution in [0.1, 0.15) is 33.6 Å². The van der Waals surface area contributed by atoms with Gasteiger partial charge in [-0.15, -0.1) is 0 Å². The molecule has 6 heteroatoms. The van der Waals surface area contributed by atoms with Gasteiger partial charge in [-0.05, 0) is 33.6 Å². The smallest absolute Gasteiger partial charge is 0.411 e. The lowest BCUT2D eigenvalue weighted by Gasteiger charge is -2.30. The Labute approximate surface area is 124 Å². The van der Waals surface area contributed by atoms with E-state index < -0.39 is 17.7 Å². The Kier molecular flexibility index (Phi) is 3.39. The summed E-state index contributed by atoms with van der Waals surface area (Å²) in [6, 6.07) is -0.579. The summed E-state index contributed by atoms with van der Waals surface area (Å²) in [5, 5.41) is 0. The lowest BCUT2D eigenvalue weighted by atomic mass is 9.78. The van der Waals surface area contributed by atoms with Crippen molar-refractivity contribution >= 4 is 12.1 Å². The number of hydrogen-bond donors (Lipinski definition) is 0. The molecule has 3 fully saturated rings. The minimum absolute atomic E-state index is 0.0451. The van der Waals surface area contributed by atoms with Crippen molar-refractivity contribution in [3.05, 3.63) is 0 Å². The van der Waals surface area contributed by atoms with Gasteiger partial charge in [0.05, 0.1) is 19.3 Å². The van der Waals surface area contributed by atoms with Gasteiger partial charge in [-0.3, -0.25) is 4.90 Å². The lowest BCUT2D eigenvalue weighted by molar-refractivity contribution is -0.148. The summed E-state index contributed by atoms with van der Waals surface area (Å²) in [6.07, 6.45) is 1.77. The molecule has 6 nitrogen and oxygen atoms in total. The Morgan fingerprint density at radius 1 is 1.19 bits per heavy atom. The van der Waals surface area contributed by atoms with Crippen LogP contribution in [0.15, 0.2) is 0 Å². The van der Waals surface area contributed by atoms with E-state index in [1.54, 1.807) is 4.90 Å². The van der Waals surface area contributed by atoms with Crippen molar-refractivity contribution in [1.29, 1.82) is 0 Å². The number of hydrogen-bond acceptors (Lipinski definition) is 5. The highest BCUT2D eigenvalue weighted by Gasteiger charge is 2.61. The lowest BCUT2D eigenvalue weighted by Crippen LogP contribution is -2.47. The highest BCUT2D eigenvalue weighted by atomic mass is 16.6. The van der Waals surface area contributed by atoms with Gasteiger partial charge in [-0.2, -0.15) is 0 Å². The highest BCUT2D eigenvalue weighted by Crippen LogP contribution is 2.50. The first kappa shape index (κ1) is 14.6. The Bertz CT molecular complexity index is 457. The molecule has 0 aromatic rings. The predicted molar refractivity (Wildman–Crippen MR) is 73.6 cm³/mol. The molecule has 0 saturated carbocycles. The second-order valence-electron chi connectivity index (χ2n) is 7.13. The van der Waals surface area contributed by atoms with Crippen molar-refractivity contribution in [2.45, 2.75) is 57.5 Å². The zero-order valence-corrected chi connectivity index (χ0v) is 13.0. The molecule has 0 spiro atoms. The third-order valence-electron chi connectivity index (χ3n) is 4.67. The first-order valence-corrected chi connectivity index (χ1v) is 7.55. The van der Waals surface area contributed by atoms with E-state index in [0.717, 1.165) is 12.8 Å². The molecule has 3 aliphatic heterocycles. The summed E-state index contributed by atoms with van der Waals surface area (Å²) in [5.41, 5.74) is -0.578. The van der Waals surface area contributed by atoms with E-state index in [9.17, 15) is 9.59 Å². The fraction of sp³-hybridized carbons (Fsp3) is 0.867. The quantitative estimate of drug-likeness (QED) is 0.687. The number of carbonyl (C=O) groups excluding carboxylic acids is 2. The van der Waals surface area contributed by atoms with Crippen molar-refractivity contribution < 1.29 is 23.8 Å². The zero-order valence-electron chi connectivity index (χ0n) is 13.0. The Morgan fingerprint density at radius 3 is 2.48 bits per heavy atom. The molecular weight excluding hydrogens is 274 g/mol. The summed E-state index contributed by atoms with van der Waals surface area (Å²) < 4.78 is 16.3. The number of esters is 1. The normalized spacial score (nSPS) is 37.5. The van der Waals surface area contributed by atoms with Gasteiger partial charge in [0.15, 0.2) is 0 Å². The molecule has 3 aliphatic rings. The Morgan fingerprint density at radius 2 is 1.86 bits per heavy atom. The summed E-state index contributed by atoms with van der Waals surface area (Å²) in [6.45, 7) is 5.98. The van der Waals surface area contributed by atoms with E-state index in [2.05, 4.69) is 0 Å². The van der Waals surface area contributed by atoms with Gasteiger partial charge in [0, 0.05) is 18.4 Å². The van der Waals surface area contributed by atoms with E-state index in [1.165, 1.54) is 7.11 Å². The average molecular weight is 297 g/mol. The molecule has 0 aromatic carbocycles. The van der Waals surface area contributed by atoms with Crippen molar-refractivity contribution in [3.63, 3.8) is 0 Å². The van der Waals surface area contributed by atoms with Crippen LogP contribution in [0.25, 0.3) is 0 Å². The molecule has 0 radical (unpaired) electrons. The number of rotatable bonds is 1. The fourth-order valence-electron chi connectivity index (χ4n) is 3.95. The van der Waals surface area contributed by atoms with Crippen molar-refractivity contribution in [2.24, 2.45) is 11.8 Å². The van der Waals surface area contributed by atoms with Crippen molar-refractivity contribution in [1.82, 2.24) is 4.90 Å². The maximum absolute atomic E-state index is 12.4. The molecule has 0 aliphatic carbocycles. The average Bonchev–Trinajstić information content (AvgIpc) is 3.06. The molecule has 5 atom stereocenters. The standard InChI is InChI=1S/C15H23NO5/c1-15(2,3)21-14(18)16-7-8-9-5-6-10(20-9)11(8)12(16)13(17)19-4/h8-12H,5-7H2,1-4H3/t8-,9+,10-,11-,12+/m1/s1. The molecule has 2 bridgehead atoms. The molecule has 0 aromatic heterocycles. The fourth-order valence-corrected chi connectivity index (χ4v) is 3.95. The van der Waals surface area contributed by atoms with E-state index in [0.29, 0.717) is 6.54 Å². The molecule has 3 saturated heterocycles. The molecule has 1 amide bonds. The van der Waals surface area contributed by atoms with Crippen LogP contribution in [-0.4, -0.2) is 54.5 Å². The van der Waals surface area contributed by atoms with Crippen LogP contribution in [0.4, 0.5) is 4.79 Å². The number of likely N-dealkylation sites (tertiary alicyclic amines) is 1. The zero-order chi connectivity index (χ0) is 15.4. The van der Waals surface area contributed by atoms with Crippen LogP contribution in [0, 0.1) is 11.8 Å². The summed E-state index contributed by atoms with van der Waals surface area (Å²) in [7, 11) is 1.36. The van der Waals surface area contributed by atoms with Crippen LogP contribution in [0.5, 0.6) is 0 Å². The minimum Gasteiger partial charge on any atom is -0.467 e. The second-order valence-corrected chi connectivity index (χ2v) is 7.13. The van der Waals surface area contributed by atoms with Crippen molar-refractivity contribution in [2.75, 3.05) is 13.7 Å². The number of nitrogens with zero attached hydrogens (tertiary/aromatic N) is 1. The number of carbonyl (C=O) groups is 2. The van der Waals surface area contributed by atoms with Gasteiger partial charge in [0.1, 0.15) is 11.6 Å². The molecule has 3 rings (SSSR count). The van der Waals surface area contributed by atoms with Gasteiger partial charge >= 0.3 is 12.1 Å². The SMILES string of the molecule is COC(=O)[C@@H]1[C@@H]2[C@H](CN1C(=O)OC(C)(C)C)[C@@H]1CC[C@H]2O1. The predicted octanol–water partition coefficient (Wildman–Crippen LogP) is 1.57. The maximum atomic E-state index is 12.4. The molecule has 0 N–H and O–H groups in total. The number of ether oxygens (including phenoxy) is 3. The highest BCUT2D eigenvalue weighted by molar-refractivity contribution is 5.83. The first-order chi connectivity index (χ1) is 9.81. The largest absolute Gasteiger partial charge is 0.467 e. The van der Waals surface area contributed by atoms with Gasteiger partial charge in [-0.1, -0.05) is 0 Å². The molecule has 0 unspecified atom stereocenters. The van der Waals surface area contributed by atoms with E-state index in [4.69, 9.17) is 14.2 Å². The maximum Gasteiger partial charge on any atom is 0.411 e. The van der Waals surface area contributed by atoms with Crippen molar-refractivity contribution in [3.8, 4) is 0 Å². The number of methoxy groups -OCH3 is 1. The van der Waals surface area contributed by atoms with Gasteiger partial charge in [0.25, 0.3) is 0 Å². The molecule has 118 valence electrons. The van der Waals surface area contributed by atoms with E-state index in [1.807, 2.05) is 20.8 Å². The van der Waals surface area contributed by atoms with Crippen LogP contribution < -0.4 is 0 Å². The second kappa shape index (κ2) is 4.87. The summed E-state index contributed by atoms with van der Waals surface area (Å²) in [5.74, 6) is -0.103. The Hall–Kier alpha value is -1.30. The van der Waals surface area contributed by atoms with E-state index in [-0.39, 0.29) is 30.0 Å². The Balaban J connectivity index is 1.83. The monoisotopic (exact) mass is 297 g/mol. The van der Waals surface area contributed by atoms with Crippen LogP contribution in [0.2, 0.25) is 0 Å². The third kappa shape index (κ3) is 2.39. The summed E-state index contributed by atoms with van der Waals surface area (Å²) >= 11 is 0. The van der Waals surface area contributed by atoms with Crippen LogP contribution in [-0.2, 0) is 19.0 Å². The topological polar surface area (TPSA) is 65.1 Å². The van der Waals surface area contributed by atoms with Gasteiger partial charge in [0.2, 0.25) is 0 Å². The van der Waals surface area contributed by atoms with Crippen LogP contribution in [0.3, 0.4) is 0 Å².